The van der Waals surface area contributed by atoms with Gasteiger partial charge < -0.3 is 9.73 Å². The highest BCUT2D eigenvalue weighted by atomic mass is 79.9. The van der Waals surface area contributed by atoms with Crippen LogP contribution in [0.1, 0.15) is 41.4 Å². The highest BCUT2D eigenvalue weighted by molar-refractivity contribution is 9.10. The minimum absolute atomic E-state index is 0.0415. The first-order valence-corrected chi connectivity index (χ1v) is 7.03. The molecule has 1 heterocycles. The van der Waals surface area contributed by atoms with Crippen LogP contribution in [0.2, 0.25) is 0 Å². The van der Waals surface area contributed by atoms with Crippen LogP contribution in [0.4, 0.5) is 0 Å². The molecule has 0 saturated carbocycles. The Hall–Kier alpha value is -1.55. The zero-order valence-electron chi connectivity index (χ0n) is 10.9. The van der Waals surface area contributed by atoms with E-state index in [4.69, 9.17) is 4.42 Å². The van der Waals surface area contributed by atoms with Crippen LogP contribution >= 0.6 is 15.9 Å². The van der Waals surface area contributed by atoms with Gasteiger partial charge in [0.25, 0.3) is 5.91 Å². The molecule has 19 heavy (non-hydrogen) atoms. The first-order chi connectivity index (χ1) is 9.11. The number of hydrogen-bond donors (Lipinski definition) is 1. The number of carbonyl (C=O) groups excluding carboxylic acids is 1. The van der Waals surface area contributed by atoms with E-state index < -0.39 is 0 Å². The molecule has 0 spiro atoms. The number of halogens is 1. The monoisotopic (exact) mass is 321 g/mol. The molecule has 3 nitrogen and oxygen atoms in total. The number of aryl methyl sites for hydroxylation is 1. The molecule has 0 aliphatic heterocycles. The molecule has 1 atom stereocenters. The first kappa shape index (κ1) is 13.9. The van der Waals surface area contributed by atoms with E-state index in [-0.39, 0.29) is 11.9 Å². The molecule has 4 heteroatoms. The van der Waals surface area contributed by atoms with Crippen molar-refractivity contribution < 1.29 is 9.21 Å². The summed E-state index contributed by atoms with van der Waals surface area (Å²) >= 11 is 3.20. The van der Waals surface area contributed by atoms with Crippen LogP contribution in [-0.4, -0.2) is 5.91 Å². The molecule has 1 N–H and O–H groups in total. The van der Waals surface area contributed by atoms with Crippen molar-refractivity contribution in [3.05, 3.63) is 58.0 Å². The Balaban J connectivity index is 2.06. The van der Waals surface area contributed by atoms with Gasteiger partial charge in [0.05, 0.1) is 17.9 Å². The molecule has 100 valence electrons. The van der Waals surface area contributed by atoms with Crippen LogP contribution in [0.15, 0.2) is 45.7 Å². The molecule has 0 radical (unpaired) electrons. The number of furan rings is 1. The minimum atomic E-state index is -0.146. The van der Waals surface area contributed by atoms with Gasteiger partial charge in [0.2, 0.25) is 0 Å². The van der Waals surface area contributed by atoms with Crippen molar-refractivity contribution in [3.8, 4) is 0 Å². The molecule has 2 rings (SSSR count). The van der Waals surface area contributed by atoms with Crippen molar-refractivity contribution in [2.75, 3.05) is 0 Å². The predicted molar refractivity (Wildman–Crippen MR) is 78.1 cm³/mol. The van der Waals surface area contributed by atoms with E-state index in [0.717, 1.165) is 12.0 Å². The molecular formula is C15H16BrNO2. The summed E-state index contributed by atoms with van der Waals surface area (Å²) < 4.78 is 5.52. The van der Waals surface area contributed by atoms with Gasteiger partial charge in [-0.15, -0.1) is 0 Å². The number of amides is 1. The summed E-state index contributed by atoms with van der Waals surface area (Å²) in [6.07, 6.45) is 2.50. The van der Waals surface area contributed by atoms with Gasteiger partial charge in [-0.25, -0.2) is 0 Å². The molecule has 1 amide bonds. The molecule has 0 aliphatic carbocycles. The number of carbonyl (C=O) groups is 1. The zero-order valence-corrected chi connectivity index (χ0v) is 12.5. The standard InChI is InChI=1S/C15H16BrNO2/c1-3-11-4-6-12(7-5-11)10(2)17-15(18)13-8-9-19-14(13)16/h4-10H,3H2,1-2H3,(H,17,18). The van der Waals surface area contributed by atoms with Gasteiger partial charge in [-0.3, -0.25) is 4.79 Å². The highest BCUT2D eigenvalue weighted by Crippen LogP contribution is 2.19. The summed E-state index contributed by atoms with van der Waals surface area (Å²) in [4.78, 5) is 12.0. The maximum absolute atomic E-state index is 12.0. The van der Waals surface area contributed by atoms with E-state index >= 15 is 0 Å². The van der Waals surface area contributed by atoms with Crippen LogP contribution in [0.3, 0.4) is 0 Å². The van der Waals surface area contributed by atoms with Gasteiger partial charge in [-0.2, -0.15) is 0 Å². The number of rotatable bonds is 4. The van der Waals surface area contributed by atoms with Gasteiger partial charge in [-0.05, 0) is 46.5 Å². The lowest BCUT2D eigenvalue weighted by Crippen LogP contribution is -2.26. The van der Waals surface area contributed by atoms with E-state index in [0.29, 0.717) is 10.2 Å². The number of benzene rings is 1. The van der Waals surface area contributed by atoms with Crippen LogP contribution in [-0.2, 0) is 6.42 Å². The summed E-state index contributed by atoms with van der Waals surface area (Å²) in [5.74, 6) is -0.146. The lowest BCUT2D eigenvalue weighted by molar-refractivity contribution is 0.0938. The van der Waals surface area contributed by atoms with E-state index in [2.05, 4.69) is 40.3 Å². The molecule has 1 aromatic heterocycles. The van der Waals surface area contributed by atoms with Crippen molar-refractivity contribution in [2.24, 2.45) is 0 Å². The van der Waals surface area contributed by atoms with E-state index in [1.165, 1.54) is 11.8 Å². The van der Waals surface area contributed by atoms with Crippen molar-refractivity contribution in [1.29, 1.82) is 0 Å². The third-order valence-electron chi connectivity index (χ3n) is 3.10. The average Bonchev–Trinajstić information content (AvgIpc) is 2.85. The lowest BCUT2D eigenvalue weighted by atomic mass is 10.0. The summed E-state index contributed by atoms with van der Waals surface area (Å²) in [5, 5.41) is 2.95. The molecule has 0 saturated heterocycles. The Labute approximate surface area is 121 Å². The lowest BCUT2D eigenvalue weighted by Gasteiger charge is -2.14. The second kappa shape index (κ2) is 6.06. The van der Waals surface area contributed by atoms with Gasteiger partial charge in [0, 0.05) is 0 Å². The molecule has 0 fully saturated rings. The van der Waals surface area contributed by atoms with Gasteiger partial charge >= 0.3 is 0 Å². The quantitative estimate of drug-likeness (QED) is 0.921. The Morgan fingerprint density at radius 3 is 2.53 bits per heavy atom. The number of nitrogens with one attached hydrogen (secondary N) is 1. The molecule has 1 unspecified atom stereocenters. The maximum atomic E-state index is 12.0. The topological polar surface area (TPSA) is 42.2 Å². The summed E-state index contributed by atoms with van der Waals surface area (Å²) in [5.41, 5.74) is 2.89. The van der Waals surface area contributed by atoms with Gasteiger partial charge in [-0.1, -0.05) is 31.2 Å². The third kappa shape index (κ3) is 3.26. The summed E-state index contributed by atoms with van der Waals surface area (Å²) in [7, 11) is 0. The van der Waals surface area contributed by atoms with Crippen molar-refractivity contribution >= 4 is 21.8 Å². The summed E-state index contributed by atoms with van der Waals surface area (Å²) in [6, 6.07) is 9.88. The Bertz CT molecular complexity index is 560. The van der Waals surface area contributed by atoms with Crippen LogP contribution in [0.25, 0.3) is 0 Å². The SMILES string of the molecule is CCc1ccc(C(C)NC(=O)c2ccoc2Br)cc1. The van der Waals surface area contributed by atoms with E-state index in [1.54, 1.807) is 6.07 Å². The molecule has 1 aromatic carbocycles. The Morgan fingerprint density at radius 2 is 2.00 bits per heavy atom. The minimum Gasteiger partial charge on any atom is -0.457 e. The van der Waals surface area contributed by atoms with Crippen molar-refractivity contribution in [1.82, 2.24) is 5.32 Å². The van der Waals surface area contributed by atoms with Gasteiger partial charge in [0.1, 0.15) is 0 Å². The average molecular weight is 322 g/mol. The molecule has 2 aromatic rings. The Kier molecular flexibility index (Phi) is 4.43. The smallest absolute Gasteiger partial charge is 0.256 e. The van der Waals surface area contributed by atoms with E-state index in [9.17, 15) is 4.79 Å². The fourth-order valence-corrected chi connectivity index (χ4v) is 2.28. The fourth-order valence-electron chi connectivity index (χ4n) is 1.86. The van der Waals surface area contributed by atoms with Crippen LogP contribution in [0, 0.1) is 0 Å². The molecule has 0 aliphatic rings. The van der Waals surface area contributed by atoms with Gasteiger partial charge in [0.15, 0.2) is 4.67 Å². The second-order valence-electron chi connectivity index (χ2n) is 4.40. The Morgan fingerprint density at radius 1 is 1.32 bits per heavy atom. The second-order valence-corrected chi connectivity index (χ2v) is 5.12. The highest BCUT2D eigenvalue weighted by Gasteiger charge is 2.15. The predicted octanol–water partition coefficient (Wildman–Crippen LogP) is 4.10. The van der Waals surface area contributed by atoms with Crippen LogP contribution in [0.5, 0.6) is 0 Å². The van der Waals surface area contributed by atoms with Crippen LogP contribution < -0.4 is 5.32 Å². The maximum Gasteiger partial charge on any atom is 0.256 e. The fraction of sp³-hybridized carbons (Fsp3) is 0.267. The normalized spacial score (nSPS) is 12.2. The number of hydrogen-bond acceptors (Lipinski definition) is 2. The summed E-state index contributed by atoms with van der Waals surface area (Å²) in [6.45, 7) is 4.09. The van der Waals surface area contributed by atoms with E-state index in [1.807, 2.05) is 19.1 Å². The third-order valence-corrected chi connectivity index (χ3v) is 3.71. The zero-order chi connectivity index (χ0) is 13.8. The molecular weight excluding hydrogens is 306 g/mol. The van der Waals surface area contributed by atoms with Crippen molar-refractivity contribution in [3.63, 3.8) is 0 Å². The first-order valence-electron chi connectivity index (χ1n) is 6.24. The molecule has 0 bridgehead atoms. The van der Waals surface area contributed by atoms with Crippen molar-refractivity contribution in [2.45, 2.75) is 26.3 Å². The largest absolute Gasteiger partial charge is 0.457 e.